The Labute approximate surface area is 79.1 Å². The Morgan fingerprint density at radius 3 is 2.91 bits per heavy atom. The van der Waals surface area contributed by atoms with Crippen molar-refractivity contribution in [3.63, 3.8) is 0 Å². The monoisotopic (exact) mass is 234 g/mol. The van der Waals surface area contributed by atoms with Crippen molar-refractivity contribution in [2.24, 2.45) is 5.73 Å². The maximum Gasteiger partial charge on any atom is 0.0918 e. The lowest BCUT2D eigenvalue weighted by molar-refractivity contribution is 0.894. The first-order chi connectivity index (χ1) is 5.24. The van der Waals surface area contributed by atoms with Crippen molar-refractivity contribution < 1.29 is 0 Å². The molecular weight excluding hydrogens is 224 g/mol. The van der Waals surface area contributed by atoms with E-state index < -0.39 is 0 Å². The van der Waals surface area contributed by atoms with Crippen LogP contribution in [0.4, 0.5) is 5.00 Å². The molecule has 0 saturated carbocycles. The van der Waals surface area contributed by atoms with Crippen molar-refractivity contribution >= 4 is 32.3 Å². The number of thiophene rings is 1. The minimum Gasteiger partial charge on any atom is -0.365 e. The molecule has 0 atom stereocenters. The molecule has 0 aliphatic rings. The van der Waals surface area contributed by atoms with Crippen LogP contribution >= 0.6 is 27.3 Å². The van der Waals surface area contributed by atoms with Crippen molar-refractivity contribution in [2.75, 3.05) is 25.0 Å². The number of halogens is 1. The fraction of sp³-hybridized carbons (Fsp3) is 0.429. The van der Waals surface area contributed by atoms with Crippen LogP contribution < -0.4 is 10.6 Å². The summed E-state index contributed by atoms with van der Waals surface area (Å²) < 4.78 is 1.14. The first kappa shape index (κ1) is 9.03. The maximum atomic E-state index is 5.42. The van der Waals surface area contributed by atoms with Crippen LogP contribution in [-0.4, -0.2) is 20.1 Å². The fourth-order valence-electron chi connectivity index (χ4n) is 0.807. The van der Waals surface area contributed by atoms with E-state index in [-0.39, 0.29) is 0 Å². The van der Waals surface area contributed by atoms with Gasteiger partial charge in [-0.05, 0) is 22.0 Å². The summed E-state index contributed by atoms with van der Waals surface area (Å²) in [5, 5.41) is 3.32. The van der Waals surface area contributed by atoms with E-state index in [1.165, 1.54) is 5.00 Å². The van der Waals surface area contributed by atoms with Gasteiger partial charge < -0.3 is 10.6 Å². The molecule has 4 heteroatoms. The molecule has 1 rings (SSSR count). The number of hydrogen-bond acceptors (Lipinski definition) is 3. The number of hydrogen-bond donors (Lipinski definition) is 1. The number of nitrogens with two attached hydrogens (primary N) is 1. The molecule has 62 valence electrons. The van der Waals surface area contributed by atoms with Crippen LogP contribution in [-0.2, 0) is 0 Å². The van der Waals surface area contributed by atoms with E-state index in [0.29, 0.717) is 6.54 Å². The third-order valence-electron chi connectivity index (χ3n) is 1.39. The van der Waals surface area contributed by atoms with Gasteiger partial charge in [0.25, 0.3) is 0 Å². The topological polar surface area (TPSA) is 29.3 Å². The van der Waals surface area contributed by atoms with Gasteiger partial charge in [0, 0.05) is 30.0 Å². The van der Waals surface area contributed by atoms with E-state index in [4.69, 9.17) is 5.73 Å². The zero-order valence-corrected chi connectivity index (χ0v) is 8.78. The predicted octanol–water partition coefficient (Wildman–Crippen LogP) is 1.91. The number of likely N-dealkylation sites (N-methyl/N-ethyl adjacent to an activating group) is 1. The molecule has 0 aliphatic heterocycles. The zero-order valence-electron chi connectivity index (χ0n) is 6.38. The van der Waals surface area contributed by atoms with Crippen molar-refractivity contribution in [1.29, 1.82) is 0 Å². The largest absolute Gasteiger partial charge is 0.365 e. The van der Waals surface area contributed by atoms with E-state index in [9.17, 15) is 0 Å². The summed E-state index contributed by atoms with van der Waals surface area (Å²) in [6.45, 7) is 1.61. The molecule has 2 nitrogen and oxygen atoms in total. The second-order valence-electron chi connectivity index (χ2n) is 2.31. The third-order valence-corrected chi connectivity index (χ3v) is 3.20. The predicted molar refractivity (Wildman–Crippen MR) is 54.3 cm³/mol. The van der Waals surface area contributed by atoms with Gasteiger partial charge in [0.1, 0.15) is 0 Å². The zero-order chi connectivity index (χ0) is 8.27. The quantitative estimate of drug-likeness (QED) is 0.867. The second kappa shape index (κ2) is 4.09. The number of nitrogens with zero attached hydrogens (tertiary/aromatic N) is 1. The Hall–Kier alpha value is -0.0600. The molecule has 0 spiro atoms. The molecule has 1 aromatic rings. The smallest absolute Gasteiger partial charge is 0.0918 e. The van der Waals surface area contributed by atoms with Crippen LogP contribution in [0.2, 0.25) is 0 Å². The van der Waals surface area contributed by atoms with Gasteiger partial charge in [0.2, 0.25) is 0 Å². The van der Waals surface area contributed by atoms with E-state index in [1.807, 2.05) is 7.05 Å². The maximum absolute atomic E-state index is 5.42. The lowest BCUT2D eigenvalue weighted by Crippen LogP contribution is -2.23. The van der Waals surface area contributed by atoms with Crippen LogP contribution in [0.15, 0.2) is 15.9 Å². The van der Waals surface area contributed by atoms with Gasteiger partial charge in [-0.1, -0.05) is 0 Å². The lowest BCUT2D eigenvalue weighted by atomic mass is 10.5. The highest BCUT2D eigenvalue weighted by atomic mass is 79.9. The summed E-state index contributed by atoms with van der Waals surface area (Å²) in [6, 6.07) is 2.10. The molecule has 0 amide bonds. The van der Waals surface area contributed by atoms with Crippen molar-refractivity contribution in [3.8, 4) is 0 Å². The van der Waals surface area contributed by atoms with E-state index >= 15 is 0 Å². The van der Waals surface area contributed by atoms with E-state index in [1.54, 1.807) is 11.3 Å². The summed E-state index contributed by atoms with van der Waals surface area (Å²) in [4.78, 5) is 2.15. The molecule has 0 radical (unpaired) electrons. The van der Waals surface area contributed by atoms with Crippen molar-refractivity contribution in [3.05, 3.63) is 15.9 Å². The molecule has 0 saturated heterocycles. The first-order valence-electron chi connectivity index (χ1n) is 3.39. The van der Waals surface area contributed by atoms with Gasteiger partial charge in [0.05, 0.1) is 5.00 Å². The minimum atomic E-state index is 0.700. The molecule has 11 heavy (non-hydrogen) atoms. The third kappa shape index (κ3) is 2.47. The molecule has 0 aliphatic carbocycles. The van der Waals surface area contributed by atoms with Crippen molar-refractivity contribution in [2.45, 2.75) is 0 Å². The molecule has 2 N–H and O–H groups in total. The summed E-state index contributed by atoms with van der Waals surface area (Å²) in [6.07, 6.45) is 0. The van der Waals surface area contributed by atoms with Crippen LogP contribution in [0.5, 0.6) is 0 Å². The van der Waals surface area contributed by atoms with Crippen LogP contribution in [0.3, 0.4) is 0 Å². The normalized spacial score (nSPS) is 10.1. The summed E-state index contributed by atoms with van der Waals surface area (Å²) in [5.74, 6) is 0. The average molecular weight is 235 g/mol. The molecule has 0 fully saturated rings. The Morgan fingerprint density at radius 1 is 1.73 bits per heavy atom. The Bertz CT molecular complexity index is 224. The van der Waals surface area contributed by atoms with Crippen LogP contribution in [0, 0.1) is 0 Å². The van der Waals surface area contributed by atoms with Crippen LogP contribution in [0.25, 0.3) is 0 Å². The van der Waals surface area contributed by atoms with Gasteiger partial charge in [-0.25, -0.2) is 0 Å². The molecule has 1 heterocycles. The number of rotatable bonds is 3. The standard InChI is InChI=1S/C7H11BrN2S/c1-10(3-2-9)7-4-6(8)5-11-7/h4-5H,2-3,9H2,1H3. The van der Waals surface area contributed by atoms with Gasteiger partial charge >= 0.3 is 0 Å². The molecule has 1 aromatic heterocycles. The second-order valence-corrected chi connectivity index (χ2v) is 4.12. The molecular formula is C7H11BrN2S. The van der Waals surface area contributed by atoms with Gasteiger partial charge in [-0.15, -0.1) is 11.3 Å². The Kier molecular flexibility index (Phi) is 3.36. The SMILES string of the molecule is CN(CCN)c1cc(Br)cs1. The van der Waals surface area contributed by atoms with Crippen molar-refractivity contribution in [1.82, 2.24) is 0 Å². The summed E-state index contributed by atoms with van der Waals surface area (Å²) >= 11 is 5.13. The molecule has 0 bridgehead atoms. The molecule has 0 aromatic carbocycles. The van der Waals surface area contributed by atoms with Gasteiger partial charge in [-0.2, -0.15) is 0 Å². The Morgan fingerprint density at radius 2 is 2.45 bits per heavy atom. The molecule has 0 unspecified atom stereocenters. The van der Waals surface area contributed by atoms with Gasteiger partial charge in [-0.3, -0.25) is 0 Å². The first-order valence-corrected chi connectivity index (χ1v) is 5.06. The minimum absolute atomic E-state index is 0.700. The van der Waals surface area contributed by atoms with Gasteiger partial charge in [0.15, 0.2) is 0 Å². The van der Waals surface area contributed by atoms with Crippen LogP contribution in [0.1, 0.15) is 0 Å². The fourth-order valence-corrected chi connectivity index (χ4v) is 2.22. The summed E-state index contributed by atoms with van der Waals surface area (Å²) in [7, 11) is 2.05. The van der Waals surface area contributed by atoms with E-state index in [0.717, 1.165) is 11.0 Å². The Balaban J connectivity index is 2.60. The highest BCUT2D eigenvalue weighted by Crippen LogP contribution is 2.26. The number of anilines is 1. The van der Waals surface area contributed by atoms with E-state index in [2.05, 4.69) is 32.3 Å². The summed E-state index contributed by atoms with van der Waals surface area (Å²) in [5.41, 5.74) is 5.42. The highest BCUT2D eigenvalue weighted by molar-refractivity contribution is 9.10. The lowest BCUT2D eigenvalue weighted by Gasteiger charge is -2.14. The average Bonchev–Trinajstić information content (AvgIpc) is 2.36. The highest BCUT2D eigenvalue weighted by Gasteiger charge is 2.01.